The lowest BCUT2D eigenvalue weighted by Crippen LogP contribution is -2.12. The van der Waals surface area contributed by atoms with Gasteiger partial charge in [0.1, 0.15) is 16.8 Å². The minimum Gasteiger partial charge on any atom is -0.393 e. The first-order valence-electron chi connectivity index (χ1n) is 7.27. The van der Waals surface area contributed by atoms with Gasteiger partial charge in [-0.15, -0.1) is 0 Å². The first-order chi connectivity index (χ1) is 12.3. The molecule has 0 amide bonds. The average Bonchev–Trinajstić information content (AvgIpc) is 2.95. The van der Waals surface area contributed by atoms with Gasteiger partial charge in [0, 0.05) is 25.1 Å². The Morgan fingerprint density at radius 3 is 2.62 bits per heavy atom. The van der Waals surface area contributed by atoms with Gasteiger partial charge in [0.05, 0.1) is 23.3 Å². The number of pyridine rings is 1. The summed E-state index contributed by atoms with van der Waals surface area (Å²) in [6, 6.07) is 0.929. The van der Waals surface area contributed by atoms with Crippen LogP contribution in [0.1, 0.15) is 5.56 Å². The van der Waals surface area contributed by atoms with Gasteiger partial charge in [0.15, 0.2) is 16.9 Å². The van der Waals surface area contributed by atoms with Crippen LogP contribution in [0.15, 0.2) is 29.0 Å². The van der Waals surface area contributed by atoms with Crippen molar-refractivity contribution in [3.63, 3.8) is 0 Å². The molecule has 0 saturated heterocycles. The number of halogens is 3. The van der Waals surface area contributed by atoms with E-state index in [0.717, 1.165) is 17.4 Å². The normalized spacial score (nSPS) is 13.3. The molecular weight excluding hydrogens is 389 g/mol. The average molecular weight is 403 g/mol. The Hall–Kier alpha value is -1.95. The lowest BCUT2D eigenvalue weighted by Gasteiger charge is -2.10. The third-order valence-electron chi connectivity index (χ3n) is 3.52. The smallest absolute Gasteiger partial charge is 0.393 e. The molecule has 26 heavy (non-hydrogen) atoms. The van der Waals surface area contributed by atoms with Crippen molar-refractivity contribution < 1.29 is 22.5 Å². The summed E-state index contributed by atoms with van der Waals surface area (Å²) >= 11 is -0.376. The predicted octanol–water partition coefficient (Wildman–Crippen LogP) is 3.45. The fraction of sp³-hybridized carbons (Fsp3) is 0.267. The number of methoxy groups -OCH3 is 1. The zero-order chi connectivity index (χ0) is 18.9. The first-order valence-corrected chi connectivity index (χ1v) is 9.44. The van der Waals surface area contributed by atoms with Crippen molar-refractivity contribution in [3.8, 4) is 11.3 Å². The molecule has 0 aromatic carbocycles. The highest BCUT2D eigenvalue weighted by molar-refractivity contribution is 7.93. The van der Waals surface area contributed by atoms with Crippen LogP contribution in [0.25, 0.3) is 21.5 Å². The van der Waals surface area contributed by atoms with E-state index in [-0.39, 0.29) is 38.2 Å². The summed E-state index contributed by atoms with van der Waals surface area (Å²) in [6.07, 6.45) is -0.581. The molecular formula is C15H14F3N4O2S2+. The molecule has 6 nitrogen and oxygen atoms in total. The van der Waals surface area contributed by atoms with Gasteiger partial charge in [-0.3, -0.25) is 0 Å². The highest BCUT2D eigenvalue weighted by Gasteiger charge is 2.38. The molecule has 0 radical (unpaired) electrons. The van der Waals surface area contributed by atoms with E-state index in [1.807, 2.05) is 0 Å². The van der Waals surface area contributed by atoms with Crippen molar-refractivity contribution in [2.24, 2.45) is 0 Å². The fourth-order valence-corrected chi connectivity index (χ4v) is 4.92. The van der Waals surface area contributed by atoms with Crippen molar-refractivity contribution in [2.45, 2.75) is 10.4 Å². The highest BCUT2D eigenvalue weighted by Crippen LogP contribution is 2.45. The van der Waals surface area contributed by atoms with Gasteiger partial charge in [0.25, 0.3) is 4.21 Å². The van der Waals surface area contributed by atoms with Crippen LogP contribution in [0.5, 0.6) is 0 Å². The minimum atomic E-state index is -4.63. The first kappa shape index (κ1) is 18.8. The summed E-state index contributed by atoms with van der Waals surface area (Å²) in [4.78, 5) is 12.0. The van der Waals surface area contributed by atoms with Crippen LogP contribution >= 0.6 is 11.3 Å². The van der Waals surface area contributed by atoms with E-state index in [0.29, 0.717) is 5.56 Å². The van der Waals surface area contributed by atoms with Crippen molar-refractivity contribution in [2.75, 3.05) is 25.2 Å². The number of hydrogen-bond acceptors (Lipinski definition) is 7. The van der Waals surface area contributed by atoms with Crippen molar-refractivity contribution in [1.82, 2.24) is 15.0 Å². The van der Waals surface area contributed by atoms with Gasteiger partial charge in [-0.05, 0) is 6.07 Å². The number of alkyl halides is 3. The third-order valence-corrected chi connectivity index (χ3v) is 6.44. The summed E-state index contributed by atoms with van der Waals surface area (Å²) < 4.78 is 56.3. The fourth-order valence-electron chi connectivity index (χ4n) is 2.33. The Morgan fingerprint density at radius 2 is 2.00 bits per heavy atom. The molecule has 0 bridgehead atoms. The maximum atomic E-state index is 13.6. The molecule has 0 fully saturated rings. The molecule has 3 heterocycles. The van der Waals surface area contributed by atoms with Crippen molar-refractivity contribution >= 4 is 38.4 Å². The number of hydrogen-bond donors (Lipinski definition) is 2. The Morgan fingerprint density at radius 1 is 1.31 bits per heavy atom. The van der Waals surface area contributed by atoms with Gasteiger partial charge in [-0.25, -0.2) is 15.0 Å². The molecule has 1 atom stereocenters. The summed E-state index contributed by atoms with van der Waals surface area (Å²) in [5.41, 5.74) is 5.40. The number of rotatable bonds is 5. The summed E-state index contributed by atoms with van der Waals surface area (Å²) in [7, 11) is 1.48. The molecule has 0 aliphatic heterocycles. The van der Waals surface area contributed by atoms with E-state index < -0.39 is 22.9 Å². The summed E-state index contributed by atoms with van der Waals surface area (Å²) in [5.74, 6) is 0.244. The Kier molecular flexibility index (Phi) is 5.32. The largest absolute Gasteiger partial charge is 0.417 e. The predicted molar refractivity (Wildman–Crippen MR) is 95.1 cm³/mol. The van der Waals surface area contributed by atoms with Crippen LogP contribution in [0.4, 0.5) is 18.9 Å². The second-order valence-corrected chi connectivity index (χ2v) is 8.03. The van der Waals surface area contributed by atoms with Crippen LogP contribution in [0.3, 0.4) is 0 Å². The molecule has 138 valence electrons. The van der Waals surface area contributed by atoms with E-state index in [1.54, 1.807) is 0 Å². The topological polar surface area (TPSA) is 94.1 Å². The maximum absolute atomic E-state index is 13.6. The number of anilines is 1. The molecule has 3 rings (SSSR count). The Labute approximate surface area is 153 Å². The van der Waals surface area contributed by atoms with Gasteiger partial charge < -0.3 is 10.5 Å². The molecule has 0 aliphatic rings. The number of nitrogen functional groups attached to an aromatic ring is 1. The summed E-state index contributed by atoms with van der Waals surface area (Å²) in [5, 5.41) is -0.193. The maximum Gasteiger partial charge on any atom is 0.417 e. The van der Waals surface area contributed by atoms with Gasteiger partial charge in [-0.1, -0.05) is 11.3 Å². The SMILES string of the molecule is COCC[S+](O)c1sc2nc(-c3cncnc3)cc(C(F)(F)F)c2c1N. The molecule has 11 heteroatoms. The minimum absolute atomic E-state index is 0.0907. The van der Waals surface area contributed by atoms with Crippen molar-refractivity contribution in [1.29, 1.82) is 0 Å². The van der Waals surface area contributed by atoms with Crippen LogP contribution in [-0.4, -0.2) is 39.0 Å². The monoisotopic (exact) mass is 403 g/mol. The van der Waals surface area contributed by atoms with E-state index in [1.165, 1.54) is 25.8 Å². The standard InChI is InChI=1S/C15H14F3N4O2S2/c1-24-2-3-26(23)14-12(19)11-9(15(16,17)18)4-10(22-13(11)25-14)8-5-20-7-21-6-8/h4-7,23H,2-3,19H2,1H3/q+1. The zero-order valence-electron chi connectivity index (χ0n) is 13.4. The quantitative estimate of drug-likeness (QED) is 0.634. The molecule has 0 saturated carbocycles. The second kappa shape index (κ2) is 7.35. The van der Waals surface area contributed by atoms with E-state index >= 15 is 0 Å². The molecule has 3 N–H and O–H groups in total. The Bertz CT molecular complexity index is 919. The van der Waals surface area contributed by atoms with Crippen LogP contribution in [-0.2, 0) is 22.1 Å². The van der Waals surface area contributed by atoms with Crippen LogP contribution < -0.4 is 5.73 Å². The van der Waals surface area contributed by atoms with Gasteiger partial charge in [-0.2, -0.15) is 17.7 Å². The van der Waals surface area contributed by atoms with Crippen LogP contribution in [0.2, 0.25) is 0 Å². The molecule has 3 aromatic heterocycles. The molecule has 1 unspecified atom stereocenters. The number of thiophene rings is 1. The summed E-state index contributed by atoms with van der Waals surface area (Å²) in [6.45, 7) is 0.263. The van der Waals surface area contributed by atoms with Crippen LogP contribution in [0, 0.1) is 0 Å². The lowest BCUT2D eigenvalue weighted by atomic mass is 10.1. The molecule has 0 spiro atoms. The number of fused-ring (bicyclic) bond motifs is 1. The zero-order valence-corrected chi connectivity index (χ0v) is 15.1. The number of ether oxygens (including phenoxy) is 1. The molecule has 3 aromatic rings. The molecule has 0 aliphatic carbocycles. The Balaban J connectivity index is 2.21. The van der Waals surface area contributed by atoms with E-state index in [2.05, 4.69) is 15.0 Å². The van der Waals surface area contributed by atoms with Gasteiger partial charge >= 0.3 is 6.18 Å². The highest BCUT2D eigenvalue weighted by atomic mass is 32.2. The number of nitrogens with zero attached hydrogens (tertiary/aromatic N) is 3. The lowest BCUT2D eigenvalue weighted by molar-refractivity contribution is -0.136. The third kappa shape index (κ3) is 3.61. The van der Waals surface area contributed by atoms with E-state index in [9.17, 15) is 17.7 Å². The van der Waals surface area contributed by atoms with E-state index in [4.69, 9.17) is 10.5 Å². The number of nitrogens with two attached hydrogens (primary N) is 1. The van der Waals surface area contributed by atoms with Gasteiger partial charge in [0.2, 0.25) is 0 Å². The van der Waals surface area contributed by atoms with Crippen molar-refractivity contribution in [3.05, 3.63) is 30.4 Å². The number of aromatic nitrogens is 3. The second-order valence-electron chi connectivity index (χ2n) is 5.22.